The largest absolute Gasteiger partial charge is 0.348 e. The molecule has 0 radical (unpaired) electrons. The number of halogens is 3. The van der Waals surface area contributed by atoms with E-state index in [1.54, 1.807) is 12.1 Å². The van der Waals surface area contributed by atoms with Crippen molar-refractivity contribution < 1.29 is 4.79 Å². The Balaban J connectivity index is 0.00000162. The van der Waals surface area contributed by atoms with Crippen LogP contribution in [0.1, 0.15) is 23.2 Å². The van der Waals surface area contributed by atoms with Crippen LogP contribution in [-0.2, 0) is 0 Å². The van der Waals surface area contributed by atoms with Gasteiger partial charge in [0.15, 0.2) is 0 Å². The van der Waals surface area contributed by atoms with E-state index in [0.717, 1.165) is 29.5 Å². The minimum atomic E-state index is -0.0365. The van der Waals surface area contributed by atoms with Gasteiger partial charge >= 0.3 is 0 Å². The Morgan fingerprint density at radius 1 is 1.50 bits per heavy atom. The number of benzene rings is 1. The second kappa shape index (κ2) is 7.53. The second-order valence-electron chi connectivity index (χ2n) is 4.14. The Bertz CT molecular complexity index is 423. The van der Waals surface area contributed by atoms with Gasteiger partial charge in [-0.05, 0) is 60.2 Å². The van der Waals surface area contributed by atoms with Crippen molar-refractivity contribution in [2.75, 3.05) is 13.1 Å². The second-order valence-corrected chi connectivity index (χ2v) is 5.74. The molecule has 0 saturated carbocycles. The first-order chi connectivity index (χ1) is 8.16. The zero-order chi connectivity index (χ0) is 12.3. The Morgan fingerprint density at radius 3 is 2.94 bits per heavy atom. The first-order valence-electron chi connectivity index (χ1n) is 5.63. The van der Waals surface area contributed by atoms with Crippen molar-refractivity contribution in [3.63, 3.8) is 0 Å². The first kappa shape index (κ1) is 16.0. The van der Waals surface area contributed by atoms with Crippen LogP contribution < -0.4 is 10.6 Å². The average molecular weight is 401 g/mol. The molecule has 100 valence electrons. The molecule has 1 amide bonds. The summed E-state index contributed by atoms with van der Waals surface area (Å²) in [4.78, 5) is 12.1. The summed E-state index contributed by atoms with van der Waals surface area (Å²) in [5.74, 6) is -0.0365. The standard InChI is InChI=1S/C12H14ClIN2O.ClH/c13-8-3-4-11(14)10(6-8)12(17)16-9-2-1-5-15-7-9;/h3-4,6,9,15H,1-2,5,7H2,(H,16,17);1H/t9-;/m0./s1. The predicted molar refractivity (Wildman–Crippen MR) is 84.8 cm³/mol. The molecule has 2 rings (SSSR count). The van der Waals surface area contributed by atoms with Gasteiger partial charge in [-0.3, -0.25) is 4.79 Å². The lowest BCUT2D eigenvalue weighted by molar-refractivity contribution is 0.0930. The molecular formula is C12H15Cl2IN2O. The first-order valence-corrected chi connectivity index (χ1v) is 7.09. The highest BCUT2D eigenvalue weighted by Crippen LogP contribution is 2.18. The SMILES string of the molecule is Cl.O=C(N[C@H]1CCCNC1)c1cc(Cl)ccc1I. The van der Waals surface area contributed by atoms with Crippen molar-refractivity contribution in [3.05, 3.63) is 32.4 Å². The molecule has 1 aromatic rings. The fourth-order valence-corrected chi connectivity index (χ4v) is 2.66. The molecular weight excluding hydrogens is 386 g/mol. The molecule has 2 N–H and O–H groups in total. The highest BCUT2D eigenvalue weighted by atomic mass is 127. The quantitative estimate of drug-likeness (QED) is 0.749. The number of piperidine rings is 1. The van der Waals surface area contributed by atoms with Gasteiger partial charge in [-0.2, -0.15) is 0 Å². The molecule has 1 saturated heterocycles. The highest BCUT2D eigenvalue weighted by molar-refractivity contribution is 14.1. The molecule has 0 aliphatic carbocycles. The predicted octanol–water partition coefficient (Wildman–Crippen LogP) is 2.85. The van der Waals surface area contributed by atoms with E-state index in [4.69, 9.17) is 11.6 Å². The van der Waals surface area contributed by atoms with Crippen molar-refractivity contribution in [3.8, 4) is 0 Å². The monoisotopic (exact) mass is 400 g/mol. The number of nitrogens with one attached hydrogen (secondary N) is 2. The van der Waals surface area contributed by atoms with Gasteiger partial charge in [0.1, 0.15) is 0 Å². The summed E-state index contributed by atoms with van der Waals surface area (Å²) in [7, 11) is 0. The van der Waals surface area contributed by atoms with Gasteiger partial charge in [0.2, 0.25) is 0 Å². The summed E-state index contributed by atoms with van der Waals surface area (Å²) in [5, 5.41) is 6.91. The summed E-state index contributed by atoms with van der Waals surface area (Å²) in [6, 6.07) is 5.60. The van der Waals surface area contributed by atoms with Crippen LogP contribution in [0.5, 0.6) is 0 Å². The van der Waals surface area contributed by atoms with E-state index in [0.29, 0.717) is 10.6 Å². The summed E-state index contributed by atoms with van der Waals surface area (Å²) >= 11 is 8.06. The Hall–Kier alpha value is -0.0400. The molecule has 6 heteroatoms. The van der Waals surface area contributed by atoms with E-state index >= 15 is 0 Å². The lowest BCUT2D eigenvalue weighted by Crippen LogP contribution is -2.45. The van der Waals surface area contributed by atoms with Gasteiger partial charge < -0.3 is 10.6 Å². The van der Waals surface area contributed by atoms with Crippen LogP contribution in [0.25, 0.3) is 0 Å². The van der Waals surface area contributed by atoms with E-state index in [2.05, 4.69) is 33.2 Å². The van der Waals surface area contributed by atoms with Crippen LogP contribution in [0.2, 0.25) is 5.02 Å². The molecule has 0 unspecified atom stereocenters. The molecule has 1 aliphatic heterocycles. The van der Waals surface area contributed by atoms with E-state index in [9.17, 15) is 4.79 Å². The van der Waals surface area contributed by atoms with E-state index < -0.39 is 0 Å². The zero-order valence-electron chi connectivity index (χ0n) is 9.71. The van der Waals surface area contributed by atoms with Gasteiger partial charge in [-0.1, -0.05) is 11.6 Å². The molecule has 1 atom stereocenters. The third kappa shape index (κ3) is 4.26. The number of carbonyl (C=O) groups excluding carboxylic acids is 1. The number of carbonyl (C=O) groups is 1. The van der Waals surface area contributed by atoms with E-state index in [1.807, 2.05) is 6.07 Å². The maximum absolute atomic E-state index is 12.1. The van der Waals surface area contributed by atoms with Gasteiger partial charge in [-0.25, -0.2) is 0 Å². The smallest absolute Gasteiger partial charge is 0.252 e. The maximum Gasteiger partial charge on any atom is 0.252 e. The van der Waals surface area contributed by atoms with Crippen molar-refractivity contribution in [2.45, 2.75) is 18.9 Å². The summed E-state index contributed by atoms with van der Waals surface area (Å²) in [5.41, 5.74) is 0.656. The fourth-order valence-electron chi connectivity index (χ4n) is 1.91. The molecule has 18 heavy (non-hydrogen) atoms. The topological polar surface area (TPSA) is 41.1 Å². The van der Waals surface area contributed by atoms with Crippen LogP contribution in [0, 0.1) is 3.57 Å². The van der Waals surface area contributed by atoms with Crippen molar-refractivity contribution in [2.24, 2.45) is 0 Å². The number of hydrogen-bond donors (Lipinski definition) is 2. The van der Waals surface area contributed by atoms with E-state index in [1.165, 1.54) is 0 Å². The minimum absolute atomic E-state index is 0. The summed E-state index contributed by atoms with van der Waals surface area (Å²) in [6.45, 7) is 1.89. The molecule has 1 heterocycles. The highest BCUT2D eigenvalue weighted by Gasteiger charge is 2.17. The van der Waals surface area contributed by atoms with E-state index in [-0.39, 0.29) is 24.4 Å². The van der Waals surface area contributed by atoms with Gasteiger partial charge in [0.05, 0.1) is 5.56 Å². The molecule has 1 aliphatic rings. The van der Waals surface area contributed by atoms with Gasteiger partial charge in [0, 0.05) is 21.2 Å². The molecule has 1 aromatic carbocycles. The van der Waals surface area contributed by atoms with Crippen LogP contribution in [0.4, 0.5) is 0 Å². The summed E-state index contributed by atoms with van der Waals surface area (Å²) < 4.78 is 0.924. The van der Waals surface area contributed by atoms with Crippen molar-refractivity contribution >= 4 is 52.5 Å². The van der Waals surface area contributed by atoms with Gasteiger partial charge in [0.25, 0.3) is 5.91 Å². The lowest BCUT2D eigenvalue weighted by Gasteiger charge is -2.24. The normalized spacial score (nSPS) is 18.9. The van der Waals surface area contributed by atoms with Crippen molar-refractivity contribution in [1.82, 2.24) is 10.6 Å². The number of hydrogen-bond acceptors (Lipinski definition) is 2. The minimum Gasteiger partial charge on any atom is -0.348 e. The van der Waals surface area contributed by atoms with Crippen LogP contribution in [0.3, 0.4) is 0 Å². The Labute approximate surface area is 132 Å². The zero-order valence-corrected chi connectivity index (χ0v) is 13.4. The van der Waals surface area contributed by atoms with Crippen molar-refractivity contribution in [1.29, 1.82) is 0 Å². The molecule has 1 fully saturated rings. The molecule has 0 spiro atoms. The summed E-state index contributed by atoms with van der Waals surface area (Å²) in [6.07, 6.45) is 2.15. The lowest BCUT2D eigenvalue weighted by atomic mass is 10.1. The Kier molecular flexibility index (Phi) is 6.70. The number of rotatable bonds is 2. The average Bonchev–Trinajstić information content (AvgIpc) is 2.33. The molecule has 0 aromatic heterocycles. The van der Waals surface area contributed by atoms with Crippen LogP contribution in [0.15, 0.2) is 18.2 Å². The Morgan fingerprint density at radius 2 is 2.28 bits per heavy atom. The third-order valence-electron chi connectivity index (χ3n) is 2.81. The molecule has 3 nitrogen and oxygen atoms in total. The van der Waals surface area contributed by atoms with Crippen LogP contribution in [-0.4, -0.2) is 25.0 Å². The van der Waals surface area contributed by atoms with Crippen LogP contribution >= 0.6 is 46.6 Å². The number of amides is 1. The third-order valence-corrected chi connectivity index (χ3v) is 3.98. The fraction of sp³-hybridized carbons (Fsp3) is 0.417. The molecule has 0 bridgehead atoms. The maximum atomic E-state index is 12.1. The van der Waals surface area contributed by atoms with Gasteiger partial charge in [-0.15, -0.1) is 12.4 Å².